The molecule has 1 fully saturated rings. The SMILES string of the molecule is NC1C=Nc2c(ncn2[C@@H]2O[C@H](CO)[C@H](O)C2O)C1=O. The summed E-state index contributed by atoms with van der Waals surface area (Å²) in [5, 5.41) is 28.7. The summed E-state index contributed by atoms with van der Waals surface area (Å²) >= 11 is 0. The zero-order chi connectivity index (χ0) is 14.4. The van der Waals surface area contributed by atoms with Gasteiger partial charge in [-0.1, -0.05) is 0 Å². The number of hydrogen-bond acceptors (Lipinski definition) is 8. The Kier molecular flexibility index (Phi) is 3.15. The van der Waals surface area contributed by atoms with Gasteiger partial charge in [0.05, 0.1) is 12.9 Å². The molecule has 2 aliphatic heterocycles. The number of carbonyl (C=O) groups excluding carboxylic acids is 1. The van der Waals surface area contributed by atoms with Crippen molar-refractivity contribution in [2.45, 2.75) is 30.6 Å². The number of nitrogens with zero attached hydrogens (tertiary/aromatic N) is 3. The number of fused-ring (bicyclic) bond motifs is 1. The second-order valence-corrected chi connectivity index (χ2v) is 4.72. The highest BCUT2D eigenvalue weighted by Crippen LogP contribution is 2.34. The van der Waals surface area contributed by atoms with Gasteiger partial charge in [0, 0.05) is 6.21 Å². The van der Waals surface area contributed by atoms with Crippen LogP contribution in [-0.2, 0) is 4.74 Å². The Bertz CT molecular complexity index is 571. The highest BCUT2D eigenvalue weighted by molar-refractivity contribution is 6.13. The number of Topliss-reactive ketones (excluding diaryl/α,β-unsaturated/α-hetero) is 1. The maximum absolute atomic E-state index is 11.8. The number of ketones is 1. The fraction of sp³-hybridized carbons (Fsp3) is 0.545. The van der Waals surface area contributed by atoms with E-state index in [-0.39, 0.29) is 17.3 Å². The number of imidazole rings is 1. The molecule has 0 aliphatic carbocycles. The molecule has 0 aromatic carbocycles. The number of nitrogens with two attached hydrogens (primary N) is 1. The molecule has 108 valence electrons. The molecule has 5 N–H and O–H groups in total. The van der Waals surface area contributed by atoms with Gasteiger partial charge in [-0.15, -0.1) is 0 Å². The molecule has 9 nitrogen and oxygen atoms in total. The Balaban J connectivity index is 1.97. The number of carbonyl (C=O) groups is 1. The first-order valence-electron chi connectivity index (χ1n) is 6.08. The topological polar surface area (TPSA) is 143 Å². The van der Waals surface area contributed by atoms with Crippen molar-refractivity contribution in [1.29, 1.82) is 0 Å². The van der Waals surface area contributed by atoms with Crippen molar-refractivity contribution in [3.05, 3.63) is 12.0 Å². The summed E-state index contributed by atoms with van der Waals surface area (Å²) in [6, 6.07) is -0.837. The molecular formula is C11H14N4O5. The molecule has 1 saturated heterocycles. The Labute approximate surface area is 113 Å². The van der Waals surface area contributed by atoms with Crippen molar-refractivity contribution in [2.24, 2.45) is 10.7 Å². The average Bonchev–Trinajstić information content (AvgIpc) is 2.98. The van der Waals surface area contributed by atoms with E-state index in [1.165, 1.54) is 17.1 Å². The first-order chi connectivity index (χ1) is 9.54. The Morgan fingerprint density at radius 2 is 2.15 bits per heavy atom. The van der Waals surface area contributed by atoms with Crippen LogP contribution in [0, 0.1) is 0 Å². The second-order valence-electron chi connectivity index (χ2n) is 4.72. The third-order valence-corrected chi connectivity index (χ3v) is 3.45. The molecule has 9 heteroatoms. The van der Waals surface area contributed by atoms with Crippen LogP contribution in [0.15, 0.2) is 11.3 Å². The molecule has 1 aromatic rings. The van der Waals surface area contributed by atoms with E-state index < -0.39 is 37.2 Å². The summed E-state index contributed by atoms with van der Waals surface area (Å²) in [6.45, 7) is -0.432. The van der Waals surface area contributed by atoms with Crippen LogP contribution >= 0.6 is 0 Å². The predicted octanol–water partition coefficient (Wildman–Crippen LogP) is -2.28. The number of aliphatic imine (C=N–C) groups is 1. The number of hydrogen-bond donors (Lipinski definition) is 4. The molecule has 5 atom stereocenters. The molecule has 20 heavy (non-hydrogen) atoms. The van der Waals surface area contributed by atoms with E-state index in [0.29, 0.717) is 0 Å². The van der Waals surface area contributed by atoms with Gasteiger partial charge in [-0.25, -0.2) is 9.98 Å². The number of rotatable bonds is 2. The van der Waals surface area contributed by atoms with Crippen LogP contribution < -0.4 is 5.73 Å². The Hall–Kier alpha value is -1.65. The monoisotopic (exact) mass is 282 g/mol. The number of aliphatic hydroxyl groups is 3. The maximum atomic E-state index is 11.8. The van der Waals surface area contributed by atoms with Crippen LogP contribution in [-0.4, -0.2) is 67.8 Å². The molecule has 0 amide bonds. The molecule has 0 spiro atoms. The van der Waals surface area contributed by atoms with E-state index in [1.807, 2.05) is 0 Å². The minimum atomic E-state index is -1.26. The standard InChI is InChI=1S/C11H14N4O5/c12-4-1-13-10-6(7(4)17)14-3-15(10)11-9(19)8(18)5(2-16)20-11/h1,3-5,8-9,11,16,18-19H,2,12H2/t4?,5-,8+,9?,11-/m1/s1. The quantitative estimate of drug-likeness (QED) is 0.478. The Morgan fingerprint density at radius 1 is 1.40 bits per heavy atom. The molecule has 2 unspecified atom stereocenters. The average molecular weight is 282 g/mol. The van der Waals surface area contributed by atoms with Gasteiger partial charge in [-0.05, 0) is 0 Å². The van der Waals surface area contributed by atoms with Crippen LogP contribution in [0.3, 0.4) is 0 Å². The summed E-state index contributed by atoms with van der Waals surface area (Å²) in [5.74, 6) is -0.160. The lowest BCUT2D eigenvalue weighted by Crippen LogP contribution is -2.35. The first kappa shape index (κ1) is 13.3. The normalized spacial score (nSPS) is 36.4. The summed E-state index contributed by atoms with van der Waals surface area (Å²) in [7, 11) is 0. The summed E-state index contributed by atoms with van der Waals surface area (Å²) in [4.78, 5) is 19.8. The van der Waals surface area contributed by atoms with E-state index in [0.717, 1.165) is 0 Å². The van der Waals surface area contributed by atoms with Gasteiger partial charge in [-0.3, -0.25) is 9.36 Å². The minimum Gasteiger partial charge on any atom is -0.394 e. The number of ether oxygens (including phenoxy) is 1. The van der Waals surface area contributed by atoms with Crippen molar-refractivity contribution in [1.82, 2.24) is 9.55 Å². The minimum absolute atomic E-state index is 0.0951. The van der Waals surface area contributed by atoms with Crippen molar-refractivity contribution < 1.29 is 24.9 Å². The molecule has 0 bridgehead atoms. The molecule has 1 aromatic heterocycles. The fourth-order valence-electron chi connectivity index (χ4n) is 2.33. The molecule has 2 aliphatic rings. The van der Waals surface area contributed by atoms with E-state index in [4.69, 9.17) is 15.6 Å². The van der Waals surface area contributed by atoms with Crippen LogP contribution in [0.4, 0.5) is 5.82 Å². The van der Waals surface area contributed by atoms with Gasteiger partial charge < -0.3 is 25.8 Å². The van der Waals surface area contributed by atoms with E-state index in [9.17, 15) is 15.0 Å². The predicted molar refractivity (Wildman–Crippen MR) is 65.7 cm³/mol. The van der Waals surface area contributed by atoms with Gasteiger partial charge >= 0.3 is 0 Å². The fourth-order valence-corrected chi connectivity index (χ4v) is 2.33. The van der Waals surface area contributed by atoms with Crippen LogP contribution in [0.5, 0.6) is 0 Å². The highest BCUT2D eigenvalue weighted by Gasteiger charge is 2.44. The van der Waals surface area contributed by atoms with E-state index in [2.05, 4.69) is 9.98 Å². The van der Waals surface area contributed by atoms with Gasteiger partial charge in [0.25, 0.3) is 0 Å². The Morgan fingerprint density at radius 3 is 2.80 bits per heavy atom. The second kappa shape index (κ2) is 4.72. The lowest BCUT2D eigenvalue weighted by molar-refractivity contribution is -0.0520. The van der Waals surface area contributed by atoms with Crippen LogP contribution in [0.25, 0.3) is 0 Å². The van der Waals surface area contributed by atoms with Crippen molar-refractivity contribution in [3.63, 3.8) is 0 Å². The van der Waals surface area contributed by atoms with E-state index in [1.54, 1.807) is 0 Å². The molecule has 3 heterocycles. The van der Waals surface area contributed by atoms with Crippen LogP contribution in [0.2, 0.25) is 0 Å². The third-order valence-electron chi connectivity index (χ3n) is 3.45. The van der Waals surface area contributed by atoms with Gasteiger partial charge in [0.2, 0.25) is 5.78 Å². The zero-order valence-electron chi connectivity index (χ0n) is 10.3. The third kappa shape index (κ3) is 1.79. The first-order valence-corrected chi connectivity index (χ1v) is 6.08. The van der Waals surface area contributed by atoms with Crippen molar-refractivity contribution in [3.8, 4) is 0 Å². The molecule has 0 radical (unpaired) electrons. The lowest BCUT2D eigenvalue weighted by atomic mass is 10.1. The zero-order valence-corrected chi connectivity index (χ0v) is 10.3. The summed E-state index contributed by atoms with van der Waals surface area (Å²) < 4.78 is 6.71. The summed E-state index contributed by atoms with van der Waals surface area (Å²) in [5.41, 5.74) is 5.64. The maximum Gasteiger partial charge on any atom is 0.207 e. The largest absolute Gasteiger partial charge is 0.394 e. The molecule has 3 rings (SSSR count). The van der Waals surface area contributed by atoms with Crippen molar-refractivity contribution >= 4 is 17.8 Å². The van der Waals surface area contributed by atoms with Gasteiger partial charge in [-0.2, -0.15) is 0 Å². The smallest absolute Gasteiger partial charge is 0.207 e. The van der Waals surface area contributed by atoms with E-state index >= 15 is 0 Å². The summed E-state index contributed by atoms with van der Waals surface area (Å²) in [6.07, 6.45) is -1.79. The lowest BCUT2D eigenvalue weighted by Gasteiger charge is -2.19. The van der Waals surface area contributed by atoms with Gasteiger partial charge in [0.15, 0.2) is 17.7 Å². The van der Waals surface area contributed by atoms with Crippen LogP contribution in [0.1, 0.15) is 16.7 Å². The van der Waals surface area contributed by atoms with Gasteiger partial charge in [0.1, 0.15) is 24.4 Å². The highest BCUT2D eigenvalue weighted by atomic mass is 16.6. The molecular weight excluding hydrogens is 268 g/mol. The van der Waals surface area contributed by atoms with Crippen molar-refractivity contribution in [2.75, 3.05) is 6.61 Å². The number of aromatic nitrogens is 2. The molecule has 0 saturated carbocycles. The number of aliphatic hydroxyl groups excluding tert-OH is 3.